The fourth-order valence-electron chi connectivity index (χ4n) is 6.41. The summed E-state index contributed by atoms with van der Waals surface area (Å²) in [5.74, 6) is 0.0129. The Bertz CT molecular complexity index is 761. The third-order valence-electron chi connectivity index (χ3n) is 8.58. The van der Waals surface area contributed by atoms with Crippen LogP contribution in [0.25, 0.3) is 0 Å². The van der Waals surface area contributed by atoms with Crippen LogP contribution in [0.5, 0.6) is 5.75 Å². The highest BCUT2D eigenvalue weighted by Gasteiger charge is 2.38. The van der Waals surface area contributed by atoms with Crippen molar-refractivity contribution in [1.82, 2.24) is 9.80 Å². The summed E-state index contributed by atoms with van der Waals surface area (Å²) in [6.07, 6.45) is 14.3. The smallest absolute Gasteiger partial charge is 0.233 e. The molecule has 3 aliphatic heterocycles. The van der Waals surface area contributed by atoms with Crippen molar-refractivity contribution in [3.63, 3.8) is 0 Å². The molecule has 0 amide bonds. The van der Waals surface area contributed by atoms with Gasteiger partial charge < -0.3 is 5.11 Å². The molecule has 0 bridgehead atoms. The lowest BCUT2D eigenvalue weighted by atomic mass is 9.89. The summed E-state index contributed by atoms with van der Waals surface area (Å²) in [6, 6.07) is 4.48. The Kier molecular flexibility index (Phi) is 9.55. The van der Waals surface area contributed by atoms with Crippen LogP contribution < -0.4 is 0 Å². The Labute approximate surface area is 216 Å². The van der Waals surface area contributed by atoms with Crippen molar-refractivity contribution in [2.75, 3.05) is 39.4 Å². The van der Waals surface area contributed by atoms with E-state index in [1.54, 1.807) is 0 Å². The number of phenolic OH excluding ortho intramolecular Hbond substituents is 1. The fourth-order valence-corrected chi connectivity index (χ4v) is 6.41. The highest BCUT2D eigenvalue weighted by Crippen LogP contribution is 2.37. The maximum atomic E-state index is 11.4. The maximum absolute atomic E-state index is 11.4. The van der Waals surface area contributed by atoms with E-state index in [0.29, 0.717) is 19.0 Å². The van der Waals surface area contributed by atoms with Crippen molar-refractivity contribution < 1.29 is 24.7 Å². The lowest BCUT2D eigenvalue weighted by Crippen LogP contribution is -2.39. The zero-order valence-corrected chi connectivity index (χ0v) is 22.1. The summed E-state index contributed by atoms with van der Waals surface area (Å²) in [7, 11) is 0. The van der Waals surface area contributed by atoms with E-state index in [1.165, 1.54) is 50.5 Å². The van der Waals surface area contributed by atoms with Gasteiger partial charge in [0.15, 0.2) is 0 Å². The van der Waals surface area contributed by atoms with E-state index in [2.05, 4.69) is 21.9 Å². The monoisotopic (exact) mass is 502 g/mol. The van der Waals surface area contributed by atoms with E-state index in [1.807, 2.05) is 0 Å². The van der Waals surface area contributed by atoms with Crippen molar-refractivity contribution in [3.05, 3.63) is 28.8 Å². The minimum Gasteiger partial charge on any atom is -0.507 e. The Morgan fingerprint density at radius 1 is 0.694 bits per heavy atom. The molecule has 36 heavy (non-hydrogen) atoms. The Balaban J connectivity index is 1.32. The Hall–Kier alpha value is -1.22. The summed E-state index contributed by atoms with van der Waals surface area (Å²) in [5.41, 5.74) is 3.40. The van der Waals surface area contributed by atoms with E-state index >= 15 is 0 Å². The Morgan fingerprint density at radius 3 is 1.67 bits per heavy atom. The molecule has 0 unspecified atom stereocenters. The molecule has 0 aromatic heterocycles. The number of aromatic hydroxyl groups is 1. The predicted octanol–water partition coefficient (Wildman–Crippen LogP) is 5.80. The van der Waals surface area contributed by atoms with E-state index < -0.39 is 5.79 Å². The molecule has 0 radical (unpaired) electrons. The van der Waals surface area contributed by atoms with Gasteiger partial charge in [0, 0.05) is 37.1 Å². The largest absolute Gasteiger partial charge is 0.507 e. The first kappa shape index (κ1) is 26.4. The highest BCUT2D eigenvalue weighted by atomic mass is 17.3. The van der Waals surface area contributed by atoms with Crippen LogP contribution in [0, 0.1) is 0 Å². The SMILES string of the molecule is Oc1c(CN2CCCCC2)cc(C2CCOOC3(CCCCC3)OOCC2)cc1CN1CCCCC1. The van der Waals surface area contributed by atoms with E-state index in [9.17, 15) is 5.11 Å². The number of hydrogen-bond donors (Lipinski definition) is 1. The molecule has 1 spiro atoms. The third kappa shape index (κ3) is 7.00. The molecule has 1 saturated carbocycles. The van der Waals surface area contributed by atoms with Gasteiger partial charge in [-0.2, -0.15) is 9.78 Å². The van der Waals surface area contributed by atoms with Crippen LogP contribution in [0.15, 0.2) is 12.1 Å². The van der Waals surface area contributed by atoms with Gasteiger partial charge in [0.05, 0.1) is 13.2 Å². The molecule has 1 N–H and O–H groups in total. The van der Waals surface area contributed by atoms with Gasteiger partial charge in [-0.1, -0.05) is 31.4 Å². The normalized spacial score (nSPS) is 25.7. The first-order valence-electron chi connectivity index (χ1n) is 14.6. The van der Waals surface area contributed by atoms with Gasteiger partial charge in [0.25, 0.3) is 0 Å². The van der Waals surface area contributed by atoms with Crippen molar-refractivity contribution in [2.45, 2.75) is 108 Å². The van der Waals surface area contributed by atoms with E-state index in [-0.39, 0.29) is 5.92 Å². The molecule has 1 aromatic carbocycles. The molecule has 1 aliphatic carbocycles. The third-order valence-corrected chi connectivity index (χ3v) is 8.58. The standard InChI is InChI=1S/C29H46N2O5/c32-28-26(22-30-14-6-2-7-15-30)20-25(21-27(28)23-31-16-8-3-9-17-31)24-10-18-33-35-29(36-34-19-11-24)12-4-1-5-13-29/h20-21,24,32H,1-19,22-23H2. The summed E-state index contributed by atoms with van der Waals surface area (Å²) in [4.78, 5) is 28.0. The van der Waals surface area contributed by atoms with Crippen LogP contribution in [-0.2, 0) is 32.6 Å². The minimum absolute atomic E-state index is 0.262. The lowest BCUT2D eigenvalue weighted by molar-refractivity contribution is -0.518. The van der Waals surface area contributed by atoms with Gasteiger partial charge in [-0.3, -0.25) is 9.80 Å². The van der Waals surface area contributed by atoms with Crippen LogP contribution in [-0.4, -0.2) is 60.1 Å². The lowest BCUT2D eigenvalue weighted by Gasteiger charge is -2.35. The molecule has 202 valence electrons. The first-order chi connectivity index (χ1) is 17.7. The number of hydrogen-bond acceptors (Lipinski definition) is 7. The van der Waals surface area contributed by atoms with Crippen molar-refractivity contribution in [2.24, 2.45) is 0 Å². The quantitative estimate of drug-likeness (QED) is 0.511. The topological polar surface area (TPSA) is 63.6 Å². The number of phenols is 1. The number of benzene rings is 1. The average molecular weight is 503 g/mol. The zero-order chi connectivity index (χ0) is 24.6. The molecule has 7 nitrogen and oxygen atoms in total. The molecule has 1 aromatic rings. The molecular formula is C29H46N2O5. The summed E-state index contributed by atoms with van der Waals surface area (Å²) >= 11 is 0. The number of piperidine rings is 2. The van der Waals surface area contributed by atoms with Crippen LogP contribution in [0.3, 0.4) is 0 Å². The second-order valence-electron chi connectivity index (χ2n) is 11.4. The van der Waals surface area contributed by atoms with Crippen LogP contribution in [0.2, 0.25) is 0 Å². The minimum atomic E-state index is -0.743. The molecule has 3 heterocycles. The van der Waals surface area contributed by atoms with Crippen LogP contribution >= 0.6 is 0 Å². The summed E-state index contributed by atoms with van der Waals surface area (Å²) in [6.45, 7) is 7.17. The second-order valence-corrected chi connectivity index (χ2v) is 11.4. The van der Waals surface area contributed by atoms with E-state index in [0.717, 1.165) is 88.9 Å². The number of rotatable bonds is 5. The average Bonchev–Trinajstić information content (AvgIpc) is 2.92. The molecule has 4 aliphatic rings. The molecule has 4 fully saturated rings. The van der Waals surface area contributed by atoms with Gasteiger partial charge in [0.2, 0.25) is 5.79 Å². The fraction of sp³-hybridized carbons (Fsp3) is 0.793. The van der Waals surface area contributed by atoms with E-state index in [4.69, 9.17) is 19.6 Å². The van der Waals surface area contributed by atoms with Crippen molar-refractivity contribution >= 4 is 0 Å². The summed E-state index contributed by atoms with van der Waals surface area (Å²) < 4.78 is 0. The number of nitrogens with zero attached hydrogens (tertiary/aromatic N) is 2. The van der Waals surface area contributed by atoms with Crippen molar-refractivity contribution in [3.8, 4) is 5.75 Å². The zero-order valence-electron chi connectivity index (χ0n) is 22.1. The van der Waals surface area contributed by atoms with Crippen LogP contribution in [0.4, 0.5) is 0 Å². The van der Waals surface area contributed by atoms with Gasteiger partial charge in [-0.15, -0.1) is 0 Å². The van der Waals surface area contributed by atoms with Gasteiger partial charge >= 0.3 is 0 Å². The van der Waals surface area contributed by atoms with Gasteiger partial charge in [-0.05, 0) is 89.0 Å². The molecule has 0 atom stereocenters. The second kappa shape index (κ2) is 13.0. The number of likely N-dealkylation sites (tertiary alicyclic amines) is 2. The Morgan fingerprint density at radius 2 is 1.17 bits per heavy atom. The summed E-state index contributed by atoms with van der Waals surface area (Å²) in [5, 5.41) is 11.4. The molecule has 7 heteroatoms. The van der Waals surface area contributed by atoms with Gasteiger partial charge in [-0.25, -0.2) is 9.78 Å². The van der Waals surface area contributed by atoms with Gasteiger partial charge in [0.1, 0.15) is 5.75 Å². The van der Waals surface area contributed by atoms with Crippen LogP contribution in [0.1, 0.15) is 106 Å². The molecule has 5 rings (SSSR count). The highest BCUT2D eigenvalue weighted by molar-refractivity contribution is 5.45. The maximum Gasteiger partial charge on any atom is 0.233 e. The molecule has 3 saturated heterocycles. The van der Waals surface area contributed by atoms with Crippen molar-refractivity contribution in [1.29, 1.82) is 0 Å². The molecular weight excluding hydrogens is 456 g/mol. The first-order valence-corrected chi connectivity index (χ1v) is 14.6. The predicted molar refractivity (Wildman–Crippen MR) is 138 cm³/mol.